The van der Waals surface area contributed by atoms with Crippen LogP contribution < -0.4 is 5.32 Å². The monoisotopic (exact) mass is 274 g/mol. The molecule has 0 radical (unpaired) electrons. The van der Waals surface area contributed by atoms with Crippen molar-refractivity contribution < 1.29 is 4.74 Å². The molecule has 2 heterocycles. The number of hydrogen-bond donors (Lipinski definition) is 1. The molecule has 0 spiro atoms. The summed E-state index contributed by atoms with van der Waals surface area (Å²) in [5, 5.41) is 3.68. The van der Waals surface area contributed by atoms with Crippen molar-refractivity contribution in [1.29, 1.82) is 0 Å². The van der Waals surface area contributed by atoms with Gasteiger partial charge in [-0.1, -0.05) is 30.3 Å². The highest BCUT2D eigenvalue weighted by atomic mass is 16.5. The molecule has 3 nitrogen and oxygen atoms in total. The molecular formula is C17H26N2O. The first-order valence-electron chi connectivity index (χ1n) is 8.04. The minimum Gasteiger partial charge on any atom is -0.378 e. The molecule has 2 aliphatic rings. The van der Waals surface area contributed by atoms with Crippen LogP contribution in [0.3, 0.4) is 0 Å². The lowest BCUT2D eigenvalue weighted by molar-refractivity contribution is 0.0917. The Balaban J connectivity index is 1.54. The Labute approximate surface area is 122 Å². The van der Waals surface area contributed by atoms with Crippen molar-refractivity contribution in [3.63, 3.8) is 0 Å². The summed E-state index contributed by atoms with van der Waals surface area (Å²) < 4.78 is 5.74. The van der Waals surface area contributed by atoms with Crippen molar-refractivity contribution in [2.75, 3.05) is 32.8 Å². The fourth-order valence-corrected chi connectivity index (χ4v) is 3.30. The van der Waals surface area contributed by atoms with Crippen molar-refractivity contribution in [2.24, 2.45) is 0 Å². The highest BCUT2D eigenvalue weighted by Gasteiger charge is 2.21. The van der Waals surface area contributed by atoms with Gasteiger partial charge in [0.25, 0.3) is 0 Å². The lowest BCUT2D eigenvalue weighted by Gasteiger charge is -2.25. The van der Waals surface area contributed by atoms with E-state index >= 15 is 0 Å². The summed E-state index contributed by atoms with van der Waals surface area (Å²) in [5.41, 5.74) is 1.41. The molecule has 1 aromatic rings. The minimum absolute atomic E-state index is 0.475. The molecule has 110 valence electrons. The molecule has 2 aliphatic heterocycles. The fourth-order valence-electron chi connectivity index (χ4n) is 3.30. The highest BCUT2D eigenvalue weighted by molar-refractivity contribution is 5.19. The predicted octanol–water partition coefficient (Wildman–Crippen LogP) is 2.59. The SMILES string of the molecule is c1ccc(C2CN(CCC3CCCO3)CCCN2)cc1. The summed E-state index contributed by atoms with van der Waals surface area (Å²) in [6.07, 6.45) is 5.46. The van der Waals surface area contributed by atoms with Crippen LogP contribution in [0.25, 0.3) is 0 Å². The van der Waals surface area contributed by atoms with E-state index in [1.165, 1.54) is 44.3 Å². The maximum atomic E-state index is 5.74. The summed E-state index contributed by atoms with van der Waals surface area (Å²) in [4.78, 5) is 2.61. The highest BCUT2D eigenvalue weighted by Crippen LogP contribution is 2.19. The van der Waals surface area contributed by atoms with E-state index in [4.69, 9.17) is 4.74 Å². The van der Waals surface area contributed by atoms with Gasteiger partial charge in [-0.25, -0.2) is 0 Å². The number of benzene rings is 1. The smallest absolute Gasteiger partial charge is 0.0588 e. The van der Waals surface area contributed by atoms with Crippen molar-refractivity contribution in [2.45, 2.75) is 37.8 Å². The van der Waals surface area contributed by atoms with E-state index < -0.39 is 0 Å². The molecule has 1 aromatic carbocycles. The molecular weight excluding hydrogens is 248 g/mol. The number of nitrogens with one attached hydrogen (secondary N) is 1. The van der Waals surface area contributed by atoms with Gasteiger partial charge in [0.2, 0.25) is 0 Å². The average Bonchev–Trinajstić information content (AvgIpc) is 2.90. The normalized spacial score (nSPS) is 28.4. The van der Waals surface area contributed by atoms with E-state index in [0.29, 0.717) is 12.1 Å². The largest absolute Gasteiger partial charge is 0.378 e. The van der Waals surface area contributed by atoms with Gasteiger partial charge >= 0.3 is 0 Å². The molecule has 2 unspecified atom stereocenters. The number of nitrogens with zero attached hydrogens (tertiary/aromatic N) is 1. The molecule has 20 heavy (non-hydrogen) atoms. The molecule has 0 aromatic heterocycles. The fraction of sp³-hybridized carbons (Fsp3) is 0.647. The molecule has 0 saturated carbocycles. The third-order valence-corrected chi connectivity index (χ3v) is 4.48. The molecule has 0 bridgehead atoms. The summed E-state index contributed by atoms with van der Waals surface area (Å²) >= 11 is 0. The first-order valence-corrected chi connectivity index (χ1v) is 8.04. The van der Waals surface area contributed by atoms with Gasteiger partial charge in [-0.2, -0.15) is 0 Å². The van der Waals surface area contributed by atoms with Crippen LogP contribution in [-0.2, 0) is 4.74 Å². The molecule has 2 atom stereocenters. The second kappa shape index (κ2) is 7.21. The van der Waals surface area contributed by atoms with Crippen LogP contribution in [0.4, 0.5) is 0 Å². The van der Waals surface area contributed by atoms with Gasteiger partial charge in [-0.3, -0.25) is 0 Å². The minimum atomic E-state index is 0.475. The van der Waals surface area contributed by atoms with Gasteiger partial charge in [0.1, 0.15) is 0 Å². The van der Waals surface area contributed by atoms with Crippen molar-refractivity contribution in [3.05, 3.63) is 35.9 Å². The van der Waals surface area contributed by atoms with E-state index in [1.54, 1.807) is 0 Å². The Morgan fingerprint density at radius 2 is 2.10 bits per heavy atom. The molecule has 3 heteroatoms. The second-order valence-corrected chi connectivity index (χ2v) is 6.00. The molecule has 3 rings (SSSR count). The summed E-state index contributed by atoms with van der Waals surface area (Å²) in [7, 11) is 0. The van der Waals surface area contributed by atoms with Gasteiger partial charge in [-0.15, -0.1) is 0 Å². The van der Waals surface area contributed by atoms with Gasteiger partial charge in [0, 0.05) is 25.7 Å². The molecule has 0 aliphatic carbocycles. The Morgan fingerprint density at radius 3 is 2.90 bits per heavy atom. The second-order valence-electron chi connectivity index (χ2n) is 6.00. The zero-order chi connectivity index (χ0) is 13.6. The summed E-state index contributed by atoms with van der Waals surface area (Å²) in [5.74, 6) is 0. The Kier molecular flexibility index (Phi) is 5.06. The average molecular weight is 274 g/mol. The molecule has 1 N–H and O–H groups in total. The standard InChI is InChI=1S/C17H26N2O/c1-2-6-15(7-3-1)17-14-19(11-5-10-18-17)12-9-16-8-4-13-20-16/h1-3,6-7,16-18H,4-5,8-14H2. The number of ether oxygens (including phenoxy) is 1. The van der Waals surface area contributed by atoms with E-state index in [1.807, 2.05) is 0 Å². The summed E-state index contributed by atoms with van der Waals surface area (Å²) in [6.45, 7) is 5.60. The van der Waals surface area contributed by atoms with Crippen molar-refractivity contribution in [1.82, 2.24) is 10.2 Å². The number of hydrogen-bond acceptors (Lipinski definition) is 3. The quantitative estimate of drug-likeness (QED) is 0.913. The van der Waals surface area contributed by atoms with Crippen LogP contribution in [-0.4, -0.2) is 43.8 Å². The first kappa shape index (κ1) is 14.1. The molecule has 2 saturated heterocycles. The van der Waals surface area contributed by atoms with E-state index in [9.17, 15) is 0 Å². The molecule has 0 amide bonds. The van der Waals surface area contributed by atoms with Crippen LogP contribution in [0.15, 0.2) is 30.3 Å². The maximum absolute atomic E-state index is 5.74. The van der Waals surface area contributed by atoms with Gasteiger partial charge in [0.15, 0.2) is 0 Å². The van der Waals surface area contributed by atoms with Gasteiger partial charge < -0.3 is 15.0 Å². The zero-order valence-electron chi connectivity index (χ0n) is 12.3. The Morgan fingerprint density at radius 1 is 1.20 bits per heavy atom. The van der Waals surface area contributed by atoms with Crippen LogP contribution >= 0.6 is 0 Å². The number of rotatable bonds is 4. The van der Waals surface area contributed by atoms with Crippen molar-refractivity contribution >= 4 is 0 Å². The lowest BCUT2D eigenvalue weighted by atomic mass is 10.1. The predicted molar refractivity (Wildman–Crippen MR) is 81.8 cm³/mol. The van der Waals surface area contributed by atoms with E-state index in [-0.39, 0.29) is 0 Å². The summed E-state index contributed by atoms with van der Waals surface area (Å²) in [6, 6.07) is 11.3. The zero-order valence-corrected chi connectivity index (χ0v) is 12.3. The van der Waals surface area contributed by atoms with Crippen LogP contribution in [0, 0.1) is 0 Å². The van der Waals surface area contributed by atoms with Crippen LogP contribution in [0.1, 0.15) is 37.3 Å². The van der Waals surface area contributed by atoms with E-state index in [2.05, 4.69) is 40.5 Å². The Bertz CT molecular complexity index is 389. The van der Waals surface area contributed by atoms with Crippen molar-refractivity contribution in [3.8, 4) is 0 Å². The maximum Gasteiger partial charge on any atom is 0.0588 e. The third-order valence-electron chi connectivity index (χ3n) is 4.48. The first-order chi connectivity index (χ1) is 9.92. The van der Waals surface area contributed by atoms with Crippen LogP contribution in [0.2, 0.25) is 0 Å². The van der Waals surface area contributed by atoms with Gasteiger partial charge in [0.05, 0.1) is 6.10 Å². The third kappa shape index (κ3) is 3.81. The van der Waals surface area contributed by atoms with Crippen LogP contribution in [0.5, 0.6) is 0 Å². The van der Waals surface area contributed by atoms with E-state index in [0.717, 1.165) is 19.7 Å². The lowest BCUT2D eigenvalue weighted by Crippen LogP contribution is -2.33. The van der Waals surface area contributed by atoms with Gasteiger partial charge in [-0.05, 0) is 44.3 Å². The molecule has 2 fully saturated rings. The topological polar surface area (TPSA) is 24.5 Å². The Hall–Kier alpha value is -0.900.